The number of carboxylic acid groups (broad SMARTS) is 1. The van der Waals surface area contributed by atoms with Crippen molar-refractivity contribution < 1.29 is 18.7 Å². The Labute approximate surface area is 102 Å². The Balaban J connectivity index is 2.43. The van der Waals surface area contributed by atoms with E-state index >= 15 is 0 Å². The molecule has 5 heteroatoms. The lowest BCUT2D eigenvalue weighted by Crippen LogP contribution is -2.16. The third kappa shape index (κ3) is 2.45. The minimum absolute atomic E-state index is 0.172. The van der Waals surface area contributed by atoms with Crippen LogP contribution in [0.5, 0.6) is 0 Å². The fourth-order valence-corrected chi connectivity index (χ4v) is 1.81. The zero-order valence-corrected chi connectivity index (χ0v) is 9.44. The summed E-state index contributed by atoms with van der Waals surface area (Å²) in [5, 5.41) is 8.85. The standard InChI is InChI=1S/C13H11F2NO2/c14-13(15,7-5-12(17)18)10-6-8-16-11-4-2-1-3-9(10)11/h1-4,6,8H,5,7H2,(H,17,18). The highest BCUT2D eigenvalue weighted by atomic mass is 19.3. The van der Waals surface area contributed by atoms with Crippen molar-refractivity contribution in [3.63, 3.8) is 0 Å². The summed E-state index contributed by atoms with van der Waals surface area (Å²) in [6.07, 6.45) is 0.0341. The zero-order valence-electron chi connectivity index (χ0n) is 9.44. The van der Waals surface area contributed by atoms with Crippen LogP contribution in [0.3, 0.4) is 0 Å². The van der Waals surface area contributed by atoms with Gasteiger partial charge in [-0.15, -0.1) is 0 Å². The lowest BCUT2D eigenvalue weighted by Gasteiger charge is -2.17. The summed E-state index contributed by atoms with van der Waals surface area (Å²) < 4.78 is 27.9. The van der Waals surface area contributed by atoms with Crippen LogP contribution in [0.4, 0.5) is 8.78 Å². The molecule has 1 heterocycles. The maximum absolute atomic E-state index is 14.0. The van der Waals surface area contributed by atoms with Crippen LogP contribution in [0.25, 0.3) is 10.9 Å². The Morgan fingerprint density at radius 2 is 2.00 bits per heavy atom. The molecule has 0 saturated heterocycles. The summed E-state index contributed by atoms with van der Waals surface area (Å²) in [4.78, 5) is 14.4. The predicted molar refractivity (Wildman–Crippen MR) is 62.5 cm³/mol. The first kappa shape index (κ1) is 12.4. The van der Waals surface area contributed by atoms with Crippen molar-refractivity contribution in [3.05, 3.63) is 42.1 Å². The first-order valence-corrected chi connectivity index (χ1v) is 5.44. The highest BCUT2D eigenvalue weighted by Gasteiger charge is 2.33. The van der Waals surface area contributed by atoms with Gasteiger partial charge in [-0.1, -0.05) is 18.2 Å². The maximum atomic E-state index is 14.0. The molecular weight excluding hydrogens is 240 g/mol. The van der Waals surface area contributed by atoms with Crippen LogP contribution < -0.4 is 0 Å². The van der Waals surface area contributed by atoms with Gasteiger partial charge in [-0.2, -0.15) is 0 Å². The second-order valence-electron chi connectivity index (χ2n) is 3.97. The van der Waals surface area contributed by atoms with Gasteiger partial charge in [-0.3, -0.25) is 9.78 Å². The first-order chi connectivity index (χ1) is 8.50. The lowest BCUT2D eigenvalue weighted by molar-refractivity contribution is -0.139. The van der Waals surface area contributed by atoms with Crippen LogP contribution in [-0.2, 0) is 10.7 Å². The number of para-hydroxylation sites is 1. The van der Waals surface area contributed by atoms with Gasteiger partial charge in [0, 0.05) is 23.6 Å². The molecule has 0 aliphatic heterocycles. The number of alkyl halides is 2. The van der Waals surface area contributed by atoms with Crippen LogP contribution in [0, 0.1) is 0 Å². The minimum atomic E-state index is -3.17. The Morgan fingerprint density at radius 1 is 1.28 bits per heavy atom. The number of aliphatic carboxylic acids is 1. The summed E-state index contributed by atoms with van der Waals surface area (Å²) >= 11 is 0. The normalized spacial score (nSPS) is 11.7. The zero-order chi connectivity index (χ0) is 13.2. The van der Waals surface area contributed by atoms with Gasteiger partial charge in [0.05, 0.1) is 11.9 Å². The van der Waals surface area contributed by atoms with E-state index in [1.807, 2.05) is 0 Å². The third-order valence-corrected chi connectivity index (χ3v) is 2.70. The van der Waals surface area contributed by atoms with Gasteiger partial charge in [0.25, 0.3) is 5.92 Å². The summed E-state index contributed by atoms with van der Waals surface area (Å²) in [7, 11) is 0. The van der Waals surface area contributed by atoms with E-state index in [1.165, 1.54) is 12.3 Å². The van der Waals surface area contributed by atoms with Crippen LogP contribution in [-0.4, -0.2) is 16.1 Å². The average molecular weight is 251 g/mol. The Kier molecular flexibility index (Phi) is 3.23. The summed E-state index contributed by atoms with van der Waals surface area (Å²) in [6, 6.07) is 7.82. The molecule has 3 nitrogen and oxygen atoms in total. The molecule has 0 aliphatic carbocycles. The molecule has 0 fully saturated rings. The largest absolute Gasteiger partial charge is 0.481 e. The second-order valence-corrected chi connectivity index (χ2v) is 3.97. The number of pyridine rings is 1. The van der Waals surface area contributed by atoms with Crippen molar-refractivity contribution >= 4 is 16.9 Å². The first-order valence-electron chi connectivity index (χ1n) is 5.44. The quantitative estimate of drug-likeness (QED) is 0.907. The number of fused-ring (bicyclic) bond motifs is 1. The van der Waals surface area contributed by atoms with E-state index in [4.69, 9.17) is 5.11 Å². The van der Waals surface area contributed by atoms with Gasteiger partial charge in [-0.25, -0.2) is 8.78 Å². The molecule has 18 heavy (non-hydrogen) atoms. The number of aromatic nitrogens is 1. The number of carboxylic acids is 1. The van der Waals surface area contributed by atoms with E-state index in [2.05, 4.69) is 4.98 Å². The molecule has 0 bridgehead atoms. The molecule has 94 valence electrons. The van der Waals surface area contributed by atoms with Crippen molar-refractivity contribution in [2.24, 2.45) is 0 Å². The number of carbonyl (C=O) groups is 1. The fourth-order valence-electron chi connectivity index (χ4n) is 1.81. The summed E-state index contributed by atoms with van der Waals surface area (Å²) in [5.41, 5.74) is 0.305. The topological polar surface area (TPSA) is 50.2 Å². The van der Waals surface area contributed by atoms with E-state index in [-0.39, 0.29) is 5.56 Å². The van der Waals surface area contributed by atoms with Crippen LogP contribution in [0.1, 0.15) is 18.4 Å². The molecule has 2 aromatic rings. The van der Waals surface area contributed by atoms with E-state index in [0.29, 0.717) is 10.9 Å². The molecule has 1 aromatic carbocycles. The van der Waals surface area contributed by atoms with E-state index in [1.54, 1.807) is 24.3 Å². The van der Waals surface area contributed by atoms with Gasteiger partial charge in [0.1, 0.15) is 0 Å². The molecule has 0 amide bonds. The monoisotopic (exact) mass is 251 g/mol. The molecule has 0 aliphatic rings. The van der Waals surface area contributed by atoms with Crippen LogP contribution in [0.2, 0.25) is 0 Å². The van der Waals surface area contributed by atoms with E-state index < -0.39 is 24.7 Å². The Hall–Kier alpha value is -2.04. The van der Waals surface area contributed by atoms with Gasteiger partial charge in [0.2, 0.25) is 0 Å². The highest BCUT2D eigenvalue weighted by Crippen LogP contribution is 2.36. The SMILES string of the molecule is O=C(O)CCC(F)(F)c1ccnc2ccccc12. The van der Waals surface area contributed by atoms with E-state index in [9.17, 15) is 13.6 Å². The number of hydrogen-bond donors (Lipinski definition) is 1. The van der Waals surface area contributed by atoms with Crippen molar-refractivity contribution in [1.29, 1.82) is 0 Å². The molecule has 0 saturated carbocycles. The molecule has 0 radical (unpaired) electrons. The van der Waals surface area contributed by atoms with Gasteiger partial charge in [-0.05, 0) is 12.1 Å². The van der Waals surface area contributed by atoms with Gasteiger partial charge in [0.15, 0.2) is 0 Å². The van der Waals surface area contributed by atoms with Gasteiger partial charge < -0.3 is 5.11 Å². The molecule has 1 N–H and O–H groups in total. The van der Waals surface area contributed by atoms with Gasteiger partial charge >= 0.3 is 5.97 Å². The number of nitrogens with zero attached hydrogens (tertiary/aromatic N) is 1. The van der Waals surface area contributed by atoms with Crippen molar-refractivity contribution in [1.82, 2.24) is 4.98 Å². The molecule has 0 spiro atoms. The highest BCUT2D eigenvalue weighted by molar-refractivity contribution is 5.82. The molecule has 0 atom stereocenters. The van der Waals surface area contributed by atoms with Crippen molar-refractivity contribution in [2.45, 2.75) is 18.8 Å². The Bertz CT molecular complexity index is 579. The predicted octanol–water partition coefficient (Wildman–Crippen LogP) is 3.19. The molecular formula is C13H11F2NO2. The van der Waals surface area contributed by atoms with Crippen LogP contribution >= 0.6 is 0 Å². The fraction of sp³-hybridized carbons (Fsp3) is 0.231. The second kappa shape index (κ2) is 4.68. The summed E-state index contributed by atoms with van der Waals surface area (Å²) in [6.45, 7) is 0. The number of rotatable bonds is 4. The average Bonchev–Trinajstić information content (AvgIpc) is 2.36. The smallest absolute Gasteiger partial charge is 0.303 e. The van der Waals surface area contributed by atoms with Crippen molar-refractivity contribution in [2.75, 3.05) is 0 Å². The van der Waals surface area contributed by atoms with Crippen LogP contribution in [0.15, 0.2) is 36.5 Å². The van der Waals surface area contributed by atoms with Crippen molar-refractivity contribution in [3.8, 4) is 0 Å². The maximum Gasteiger partial charge on any atom is 0.303 e. The molecule has 0 unspecified atom stereocenters. The molecule has 1 aromatic heterocycles. The summed E-state index contributed by atoms with van der Waals surface area (Å²) in [5.74, 6) is -4.39. The van der Waals surface area contributed by atoms with E-state index in [0.717, 1.165) is 0 Å². The number of halogens is 2. The number of benzene rings is 1. The lowest BCUT2D eigenvalue weighted by atomic mass is 10.00. The Morgan fingerprint density at radius 3 is 2.72 bits per heavy atom. The third-order valence-electron chi connectivity index (χ3n) is 2.70. The minimum Gasteiger partial charge on any atom is -0.481 e. The molecule has 2 rings (SSSR count). The number of hydrogen-bond acceptors (Lipinski definition) is 2.